The number of rotatable bonds is 4. The van der Waals surface area contributed by atoms with Crippen molar-refractivity contribution in [3.05, 3.63) is 17.8 Å². The van der Waals surface area contributed by atoms with Crippen molar-refractivity contribution in [3.63, 3.8) is 0 Å². The van der Waals surface area contributed by atoms with E-state index in [-0.39, 0.29) is 5.91 Å². The fraction of sp³-hybridized carbons (Fsp3) is 0.636. The van der Waals surface area contributed by atoms with Gasteiger partial charge in [0.2, 0.25) is 11.7 Å². The van der Waals surface area contributed by atoms with Gasteiger partial charge in [-0.05, 0) is 19.9 Å². The molecule has 16 heavy (non-hydrogen) atoms. The summed E-state index contributed by atoms with van der Waals surface area (Å²) in [5, 5.41) is 5.88. The van der Waals surface area contributed by atoms with E-state index in [1.54, 1.807) is 0 Å². The maximum Gasteiger partial charge on any atom is 0.288 e. The number of hydrogen-bond donors (Lipinski definition) is 2. The third-order valence-electron chi connectivity index (χ3n) is 2.80. The largest absolute Gasteiger partial charge is 0.434 e. The van der Waals surface area contributed by atoms with E-state index in [1.807, 2.05) is 7.05 Å². The van der Waals surface area contributed by atoms with Gasteiger partial charge in [0.25, 0.3) is 5.91 Å². The predicted octanol–water partition coefficient (Wildman–Crippen LogP) is 1.07. The zero-order valence-electron chi connectivity index (χ0n) is 9.45. The molecule has 0 bridgehead atoms. The first-order valence-electron chi connectivity index (χ1n) is 5.70. The first-order chi connectivity index (χ1) is 7.79. The molecule has 5 nitrogen and oxygen atoms in total. The Labute approximate surface area is 94.6 Å². The van der Waals surface area contributed by atoms with Crippen LogP contribution in [0.15, 0.2) is 10.6 Å². The van der Waals surface area contributed by atoms with Crippen LogP contribution in [0.5, 0.6) is 0 Å². The van der Waals surface area contributed by atoms with Crippen molar-refractivity contribution in [2.75, 3.05) is 7.05 Å². The number of nitrogens with zero attached hydrogens (tertiary/aromatic N) is 1. The molecule has 0 spiro atoms. The quantitative estimate of drug-likeness (QED) is 0.801. The lowest BCUT2D eigenvalue weighted by Crippen LogP contribution is -2.32. The third-order valence-corrected chi connectivity index (χ3v) is 2.80. The minimum Gasteiger partial charge on any atom is -0.434 e. The Hall–Kier alpha value is -1.36. The molecule has 0 aliphatic heterocycles. The fourth-order valence-electron chi connectivity index (χ4n) is 1.97. The van der Waals surface area contributed by atoms with Crippen molar-refractivity contribution in [2.45, 2.75) is 38.3 Å². The van der Waals surface area contributed by atoms with Crippen molar-refractivity contribution < 1.29 is 9.21 Å². The van der Waals surface area contributed by atoms with E-state index in [2.05, 4.69) is 15.6 Å². The molecule has 1 aromatic rings. The summed E-state index contributed by atoms with van der Waals surface area (Å²) in [6.07, 6.45) is 6.03. The molecule has 1 heterocycles. The van der Waals surface area contributed by atoms with Gasteiger partial charge in [0, 0.05) is 6.04 Å². The molecule has 88 valence electrons. The molecule has 0 atom stereocenters. The van der Waals surface area contributed by atoms with Gasteiger partial charge in [-0.2, -0.15) is 0 Å². The molecule has 1 aromatic heterocycles. The zero-order chi connectivity index (χ0) is 11.4. The molecule has 1 fully saturated rings. The number of hydrogen-bond acceptors (Lipinski definition) is 4. The van der Waals surface area contributed by atoms with Crippen LogP contribution in [0.25, 0.3) is 0 Å². The molecule has 0 aromatic carbocycles. The normalized spacial score (nSPS) is 16.6. The van der Waals surface area contributed by atoms with Gasteiger partial charge < -0.3 is 15.1 Å². The van der Waals surface area contributed by atoms with Crippen LogP contribution in [0, 0.1) is 0 Å². The Bertz CT molecular complexity index is 356. The van der Waals surface area contributed by atoms with E-state index < -0.39 is 0 Å². The average molecular weight is 223 g/mol. The molecule has 1 aliphatic rings. The summed E-state index contributed by atoms with van der Waals surface area (Å²) in [5.74, 6) is 0.693. The number of oxazole rings is 1. The molecule has 2 N–H and O–H groups in total. The van der Waals surface area contributed by atoms with Crippen LogP contribution in [0.4, 0.5) is 0 Å². The minimum absolute atomic E-state index is 0.151. The molecule has 1 saturated carbocycles. The SMILES string of the molecule is CNCc1ncc(C(=O)NC2CCCC2)o1. The Balaban J connectivity index is 1.91. The summed E-state index contributed by atoms with van der Waals surface area (Å²) in [6.45, 7) is 0.538. The highest BCUT2D eigenvalue weighted by Gasteiger charge is 2.20. The van der Waals surface area contributed by atoms with Crippen LogP contribution >= 0.6 is 0 Å². The first-order valence-corrected chi connectivity index (χ1v) is 5.70. The van der Waals surface area contributed by atoms with Crippen molar-refractivity contribution in [1.82, 2.24) is 15.6 Å². The van der Waals surface area contributed by atoms with Gasteiger partial charge in [-0.3, -0.25) is 4.79 Å². The molecule has 0 unspecified atom stereocenters. The van der Waals surface area contributed by atoms with Crippen LogP contribution in [-0.4, -0.2) is 24.0 Å². The summed E-state index contributed by atoms with van der Waals surface area (Å²) in [4.78, 5) is 15.8. The number of carbonyl (C=O) groups excluding carboxylic acids is 1. The van der Waals surface area contributed by atoms with Crippen molar-refractivity contribution >= 4 is 5.91 Å². The number of carbonyl (C=O) groups is 1. The maximum absolute atomic E-state index is 11.8. The van der Waals surface area contributed by atoms with Crippen LogP contribution in [0.1, 0.15) is 42.1 Å². The van der Waals surface area contributed by atoms with Gasteiger partial charge in [-0.25, -0.2) is 4.98 Å². The lowest BCUT2D eigenvalue weighted by molar-refractivity contribution is 0.0908. The van der Waals surface area contributed by atoms with Crippen LogP contribution in [0.3, 0.4) is 0 Å². The van der Waals surface area contributed by atoms with Gasteiger partial charge >= 0.3 is 0 Å². The minimum atomic E-state index is -0.151. The highest BCUT2D eigenvalue weighted by atomic mass is 16.4. The molecule has 2 rings (SSSR count). The van der Waals surface area contributed by atoms with E-state index >= 15 is 0 Å². The molecular formula is C11H17N3O2. The Morgan fingerprint density at radius 3 is 3.00 bits per heavy atom. The molecule has 0 saturated heterocycles. The summed E-state index contributed by atoms with van der Waals surface area (Å²) in [6, 6.07) is 0.311. The van der Waals surface area contributed by atoms with Crippen molar-refractivity contribution in [3.8, 4) is 0 Å². The molecule has 1 amide bonds. The summed E-state index contributed by atoms with van der Waals surface area (Å²) < 4.78 is 5.31. The Kier molecular flexibility index (Phi) is 3.56. The topological polar surface area (TPSA) is 67.2 Å². The summed E-state index contributed by atoms with van der Waals surface area (Å²) in [5.41, 5.74) is 0. The summed E-state index contributed by atoms with van der Waals surface area (Å²) in [7, 11) is 1.81. The number of aromatic nitrogens is 1. The second-order valence-electron chi connectivity index (χ2n) is 4.10. The fourth-order valence-corrected chi connectivity index (χ4v) is 1.97. The standard InChI is InChI=1S/C11H17N3O2/c1-12-7-10-13-6-9(16-10)11(15)14-8-4-2-3-5-8/h6,8,12H,2-5,7H2,1H3,(H,14,15). The van der Waals surface area contributed by atoms with E-state index in [9.17, 15) is 4.79 Å². The Morgan fingerprint density at radius 1 is 1.56 bits per heavy atom. The predicted molar refractivity (Wildman–Crippen MR) is 59.0 cm³/mol. The van der Waals surface area contributed by atoms with Crippen molar-refractivity contribution in [1.29, 1.82) is 0 Å². The second kappa shape index (κ2) is 5.12. The maximum atomic E-state index is 11.8. The second-order valence-corrected chi connectivity index (χ2v) is 4.10. The summed E-state index contributed by atoms with van der Waals surface area (Å²) >= 11 is 0. The molecule has 0 radical (unpaired) electrons. The third kappa shape index (κ3) is 2.61. The molecule has 1 aliphatic carbocycles. The van der Waals surface area contributed by atoms with Gasteiger partial charge in [-0.1, -0.05) is 12.8 Å². The van der Waals surface area contributed by atoms with Crippen LogP contribution in [0.2, 0.25) is 0 Å². The van der Waals surface area contributed by atoms with Gasteiger partial charge in [-0.15, -0.1) is 0 Å². The van der Waals surface area contributed by atoms with Crippen LogP contribution in [-0.2, 0) is 6.54 Å². The van der Waals surface area contributed by atoms with E-state index in [0.29, 0.717) is 24.2 Å². The molecule has 5 heteroatoms. The molecular weight excluding hydrogens is 206 g/mol. The number of nitrogens with one attached hydrogen (secondary N) is 2. The monoisotopic (exact) mass is 223 g/mol. The smallest absolute Gasteiger partial charge is 0.288 e. The van der Waals surface area contributed by atoms with E-state index in [0.717, 1.165) is 12.8 Å². The van der Waals surface area contributed by atoms with Gasteiger partial charge in [0.15, 0.2) is 0 Å². The van der Waals surface area contributed by atoms with E-state index in [1.165, 1.54) is 19.0 Å². The Morgan fingerprint density at radius 2 is 2.31 bits per heavy atom. The number of amides is 1. The van der Waals surface area contributed by atoms with E-state index in [4.69, 9.17) is 4.42 Å². The van der Waals surface area contributed by atoms with Crippen LogP contribution < -0.4 is 10.6 Å². The lowest BCUT2D eigenvalue weighted by Gasteiger charge is -2.09. The van der Waals surface area contributed by atoms with Crippen molar-refractivity contribution in [2.24, 2.45) is 0 Å². The first kappa shape index (κ1) is 11.1. The highest BCUT2D eigenvalue weighted by molar-refractivity contribution is 5.91. The lowest BCUT2D eigenvalue weighted by atomic mass is 10.2. The zero-order valence-corrected chi connectivity index (χ0v) is 9.45. The van der Waals surface area contributed by atoms with Gasteiger partial charge in [0.1, 0.15) is 0 Å². The van der Waals surface area contributed by atoms with Gasteiger partial charge in [0.05, 0.1) is 12.7 Å². The highest BCUT2D eigenvalue weighted by Crippen LogP contribution is 2.18. The average Bonchev–Trinajstić information content (AvgIpc) is 2.89.